The predicted molar refractivity (Wildman–Crippen MR) is 84.8 cm³/mol. The van der Waals surface area contributed by atoms with Crippen LogP contribution in [-0.4, -0.2) is 31.1 Å². The van der Waals surface area contributed by atoms with E-state index >= 15 is 0 Å². The van der Waals surface area contributed by atoms with E-state index in [2.05, 4.69) is 40.5 Å². The van der Waals surface area contributed by atoms with Gasteiger partial charge in [0.05, 0.1) is 0 Å². The van der Waals surface area contributed by atoms with E-state index in [1.165, 1.54) is 63.7 Å². The van der Waals surface area contributed by atoms with Crippen molar-refractivity contribution in [1.29, 1.82) is 0 Å². The van der Waals surface area contributed by atoms with Crippen LogP contribution < -0.4 is 5.32 Å². The van der Waals surface area contributed by atoms with Crippen molar-refractivity contribution in [3.8, 4) is 0 Å². The summed E-state index contributed by atoms with van der Waals surface area (Å²) in [5.41, 5.74) is 1.48. The summed E-state index contributed by atoms with van der Waals surface area (Å²) in [6.07, 6.45) is 8.34. The van der Waals surface area contributed by atoms with E-state index in [-0.39, 0.29) is 0 Å². The molecular weight excluding hydrogens is 244 g/mol. The summed E-state index contributed by atoms with van der Waals surface area (Å²) in [5.74, 6) is 0.882. The fourth-order valence-electron chi connectivity index (χ4n) is 3.39. The molecule has 2 heteroatoms. The molecule has 0 aromatic heterocycles. The van der Waals surface area contributed by atoms with Crippen LogP contribution in [0, 0.1) is 5.92 Å². The molecule has 1 aromatic rings. The summed E-state index contributed by atoms with van der Waals surface area (Å²) in [4.78, 5) is 2.64. The third kappa shape index (κ3) is 4.07. The highest BCUT2D eigenvalue weighted by Gasteiger charge is 2.31. The Morgan fingerprint density at radius 2 is 1.80 bits per heavy atom. The zero-order valence-electron chi connectivity index (χ0n) is 12.6. The molecule has 1 saturated heterocycles. The molecule has 1 N–H and O–H groups in total. The minimum Gasteiger partial charge on any atom is -0.310 e. The van der Waals surface area contributed by atoms with Crippen molar-refractivity contribution in [2.45, 2.75) is 44.6 Å². The lowest BCUT2D eigenvalue weighted by molar-refractivity contribution is 0.224. The van der Waals surface area contributed by atoms with Crippen LogP contribution in [0.5, 0.6) is 0 Å². The Balaban J connectivity index is 1.41. The number of rotatable bonds is 7. The quantitative estimate of drug-likeness (QED) is 0.763. The van der Waals surface area contributed by atoms with Crippen molar-refractivity contribution < 1.29 is 0 Å². The molecule has 0 bridgehead atoms. The number of benzene rings is 1. The minimum absolute atomic E-state index is 0.595. The Bertz CT molecular complexity index is 380. The van der Waals surface area contributed by atoms with Crippen LogP contribution in [0.2, 0.25) is 0 Å². The normalized spacial score (nSPS) is 21.8. The molecule has 1 atom stereocenters. The summed E-state index contributed by atoms with van der Waals surface area (Å²) in [5, 5.41) is 3.81. The Morgan fingerprint density at radius 3 is 2.50 bits per heavy atom. The third-order valence-electron chi connectivity index (χ3n) is 4.72. The Morgan fingerprint density at radius 1 is 1.05 bits per heavy atom. The zero-order valence-corrected chi connectivity index (χ0v) is 12.6. The van der Waals surface area contributed by atoms with Gasteiger partial charge < -0.3 is 10.2 Å². The van der Waals surface area contributed by atoms with Crippen LogP contribution in [0.4, 0.5) is 0 Å². The number of nitrogens with one attached hydrogen (secondary N) is 1. The number of likely N-dealkylation sites (tertiary alicyclic amines) is 1. The van der Waals surface area contributed by atoms with Gasteiger partial charge in [0.25, 0.3) is 0 Å². The first-order valence-corrected chi connectivity index (χ1v) is 8.44. The van der Waals surface area contributed by atoms with Gasteiger partial charge in [0.1, 0.15) is 0 Å². The second-order valence-electron chi connectivity index (χ2n) is 6.44. The van der Waals surface area contributed by atoms with Crippen LogP contribution >= 0.6 is 0 Å². The lowest BCUT2D eigenvalue weighted by Crippen LogP contribution is -2.33. The SMILES string of the molecule is c1ccc(C(NCCCN2CCCCC2)C2CC2)cc1. The Labute approximate surface area is 123 Å². The molecule has 1 aliphatic carbocycles. The lowest BCUT2D eigenvalue weighted by atomic mass is 10.0. The summed E-state index contributed by atoms with van der Waals surface area (Å²) >= 11 is 0. The first-order valence-electron chi connectivity index (χ1n) is 8.44. The summed E-state index contributed by atoms with van der Waals surface area (Å²) in [6.45, 7) is 5.08. The smallest absolute Gasteiger partial charge is 0.0348 e. The van der Waals surface area contributed by atoms with Gasteiger partial charge in [0.2, 0.25) is 0 Å². The van der Waals surface area contributed by atoms with E-state index in [1.807, 2.05) is 0 Å². The van der Waals surface area contributed by atoms with Crippen molar-refractivity contribution >= 4 is 0 Å². The van der Waals surface area contributed by atoms with Crippen molar-refractivity contribution in [2.75, 3.05) is 26.2 Å². The van der Waals surface area contributed by atoms with Gasteiger partial charge in [-0.2, -0.15) is 0 Å². The van der Waals surface area contributed by atoms with Gasteiger partial charge in [-0.05, 0) is 69.8 Å². The second-order valence-corrected chi connectivity index (χ2v) is 6.44. The number of hydrogen-bond acceptors (Lipinski definition) is 2. The molecule has 20 heavy (non-hydrogen) atoms. The van der Waals surface area contributed by atoms with E-state index in [4.69, 9.17) is 0 Å². The molecule has 2 fully saturated rings. The zero-order chi connectivity index (χ0) is 13.6. The molecule has 0 radical (unpaired) electrons. The molecule has 1 aromatic carbocycles. The highest BCUT2D eigenvalue weighted by Crippen LogP contribution is 2.40. The molecule has 1 heterocycles. The summed E-state index contributed by atoms with van der Waals surface area (Å²) in [6, 6.07) is 11.6. The monoisotopic (exact) mass is 272 g/mol. The lowest BCUT2D eigenvalue weighted by Gasteiger charge is -2.27. The molecule has 1 aliphatic heterocycles. The molecule has 0 spiro atoms. The summed E-state index contributed by atoms with van der Waals surface area (Å²) in [7, 11) is 0. The molecule has 2 aliphatic rings. The largest absolute Gasteiger partial charge is 0.310 e. The van der Waals surface area contributed by atoms with Gasteiger partial charge in [0, 0.05) is 6.04 Å². The van der Waals surface area contributed by atoms with Crippen LogP contribution in [0.3, 0.4) is 0 Å². The number of piperidine rings is 1. The molecule has 3 rings (SSSR count). The third-order valence-corrected chi connectivity index (χ3v) is 4.72. The fraction of sp³-hybridized carbons (Fsp3) is 0.667. The standard InChI is InChI=1S/C18H28N2/c1-3-8-16(9-4-1)18(17-10-11-17)19-12-7-15-20-13-5-2-6-14-20/h1,3-4,8-9,17-19H,2,5-7,10-15H2. The van der Waals surface area contributed by atoms with Crippen molar-refractivity contribution in [2.24, 2.45) is 5.92 Å². The number of nitrogens with zero attached hydrogens (tertiary/aromatic N) is 1. The van der Waals surface area contributed by atoms with Crippen LogP contribution in [-0.2, 0) is 0 Å². The maximum absolute atomic E-state index is 3.81. The topological polar surface area (TPSA) is 15.3 Å². The van der Waals surface area contributed by atoms with Crippen molar-refractivity contribution in [3.63, 3.8) is 0 Å². The molecule has 2 nitrogen and oxygen atoms in total. The van der Waals surface area contributed by atoms with Gasteiger partial charge in [-0.15, -0.1) is 0 Å². The first-order chi connectivity index (χ1) is 9.93. The van der Waals surface area contributed by atoms with E-state index in [9.17, 15) is 0 Å². The van der Waals surface area contributed by atoms with Gasteiger partial charge >= 0.3 is 0 Å². The fourth-order valence-corrected chi connectivity index (χ4v) is 3.39. The highest BCUT2D eigenvalue weighted by atomic mass is 15.1. The molecule has 1 saturated carbocycles. The van der Waals surface area contributed by atoms with Crippen molar-refractivity contribution in [3.05, 3.63) is 35.9 Å². The predicted octanol–water partition coefficient (Wildman–Crippen LogP) is 3.60. The second kappa shape index (κ2) is 7.24. The maximum atomic E-state index is 3.81. The van der Waals surface area contributed by atoms with Crippen LogP contribution in [0.15, 0.2) is 30.3 Å². The average Bonchev–Trinajstić information content (AvgIpc) is 3.34. The summed E-state index contributed by atoms with van der Waals surface area (Å²) < 4.78 is 0. The minimum atomic E-state index is 0.595. The number of hydrogen-bond donors (Lipinski definition) is 1. The molecule has 110 valence electrons. The van der Waals surface area contributed by atoms with E-state index < -0.39 is 0 Å². The van der Waals surface area contributed by atoms with Gasteiger partial charge in [-0.3, -0.25) is 0 Å². The van der Waals surface area contributed by atoms with Crippen LogP contribution in [0.25, 0.3) is 0 Å². The van der Waals surface area contributed by atoms with E-state index in [0.717, 1.165) is 12.5 Å². The molecule has 1 unspecified atom stereocenters. The first kappa shape index (κ1) is 14.1. The van der Waals surface area contributed by atoms with Crippen LogP contribution in [0.1, 0.15) is 50.1 Å². The van der Waals surface area contributed by atoms with E-state index in [1.54, 1.807) is 0 Å². The maximum Gasteiger partial charge on any atom is 0.0348 e. The Kier molecular flexibility index (Phi) is 5.10. The van der Waals surface area contributed by atoms with Gasteiger partial charge in [-0.1, -0.05) is 36.8 Å². The van der Waals surface area contributed by atoms with Crippen molar-refractivity contribution in [1.82, 2.24) is 10.2 Å². The average molecular weight is 272 g/mol. The Hall–Kier alpha value is -0.860. The van der Waals surface area contributed by atoms with E-state index in [0.29, 0.717) is 6.04 Å². The molecular formula is C18H28N2. The van der Waals surface area contributed by atoms with Gasteiger partial charge in [-0.25, -0.2) is 0 Å². The highest BCUT2D eigenvalue weighted by molar-refractivity contribution is 5.21. The van der Waals surface area contributed by atoms with Gasteiger partial charge in [0.15, 0.2) is 0 Å². The molecule has 0 amide bonds.